The van der Waals surface area contributed by atoms with Crippen molar-refractivity contribution in [3.63, 3.8) is 0 Å². The molecule has 2 amide bonds. The Bertz CT molecular complexity index is 244. The molecule has 1 saturated heterocycles. The molecule has 0 aromatic rings. The standard InChI is InChI=1S/C8H15N3O3/c1-5-4-14-6(2)3-11(5)8(13)7(12)10-9/h5-6H,3-4,9H2,1-2H3,(H,10,12). The van der Waals surface area contributed by atoms with Gasteiger partial charge in [-0.3, -0.25) is 15.0 Å². The van der Waals surface area contributed by atoms with Gasteiger partial charge in [0.1, 0.15) is 0 Å². The summed E-state index contributed by atoms with van der Waals surface area (Å²) in [6, 6.07) is -0.0870. The predicted molar refractivity (Wildman–Crippen MR) is 48.9 cm³/mol. The van der Waals surface area contributed by atoms with Crippen LogP contribution in [0.4, 0.5) is 0 Å². The van der Waals surface area contributed by atoms with Gasteiger partial charge in [0.05, 0.1) is 18.8 Å². The van der Waals surface area contributed by atoms with E-state index in [2.05, 4.69) is 0 Å². The molecule has 0 aromatic carbocycles. The predicted octanol–water partition coefficient (Wildman–Crippen LogP) is -1.39. The molecule has 1 fully saturated rings. The van der Waals surface area contributed by atoms with Gasteiger partial charge in [0.25, 0.3) is 0 Å². The Morgan fingerprint density at radius 1 is 1.50 bits per heavy atom. The van der Waals surface area contributed by atoms with Crippen molar-refractivity contribution in [2.24, 2.45) is 5.84 Å². The van der Waals surface area contributed by atoms with E-state index >= 15 is 0 Å². The van der Waals surface area contributed by atoms with Gasteiger partial charge in [0, 0.05) is 6.54 Å². The zero-order valence-electron chi connectivity index (χ0n) is 8.32. The Hall–Kier alpha value is -1.14. The van der Waals surface area contributed by atoms with Gasteiger partial charge in [-0.25, -0.2) is 5.84 Å². The first-order chi connectivity index (χ1) is 6.56. The molecular formula is C8H15N3O3. The third kappa shape index (κ3) is 2.21. The number of nitrogens with one attached hydrogen (secondary N) is 1. The summed E-state index contributed by atoms with van der Waals surface area (Å²) in [5, 5.41) is 0. The van der Waals surface area contributed by atoms with Crippen LogP contribution in [0.5, 0.6) is 0 Å². The van der Waals surface area contributed by atoms with E-state index in [9.17, 15) is 9.59 Å². The van der Waals surface area contributed by atoms with Crippen LogP contribution >= 0.6 is 0 Å². The Morgan fingerprint density at radius 3 is 2.71 bits per heavy atom. The largest absolute Gasteiger partial charge is 0.375 e. The van der Waals surface area contributed by atoms with Crippen molar-refractivity contribution in [3.8, 4) is 0 Å². The summed E-state index contributed by atoms with van der Waals surface area (Å²) in [5.74, 6) is 3.49. The minimum atomic E-state index is -0.786. The van der Waals surface area contributed by atoms with Crippen molar-refractivity contribution < 1.29 is 14.3 Å². The third-order valence-corrected chi connectivity index (χ3v) is 2.19. The number of ether oxygens (including phenoxy) is 1. The second-order valence-corrected chi connectivity index (χ2v) is 3.42. The molecule has 1 aliphatic heterocycles. The summed E-state index contributed by atoms with van der Waals surface area (Å²) < 4.78 is 5.33. The van der Waals surface area contributed by atoms with Crippen LogP contribution in [0.1, 0.15) is 13.8 Å². The average molecular weight is 201 g/mol. The van der Waals surface area contributed by atoms with E-state index in [-0.39, 0.29) is 12.1 Å². The van der Waals surface area contributed by atoms with Crippen LogP contribution in [0.25, 0.3) is 0 Å². The molecular weight excluding hydrogens is 186 g/mol. The van der Waals surface area contributed by atoms with Crippen molar-refractivity contribution in [1.29, 1.82) is 0 Å². The first kappa shape index (κ1) is 10.9. The molecule has 2 unspecified atom stereocenters. The van der Waals surface area contributed by atoms with Crippen molar-refractivity contribution in [2.75, 3.05) is 13.2 Å². The fourth-order valence-electron chi connectivity index (χ4n) is 1.38. The molecule has 0 spiro atoms. The van der Waals surface area contributed by atoms with Gasteiger partial charge < -0.3 is 9.64 Å². The summed E-state index contributed by atoms with van der Waals surface area (Å²) in [5.41, 5.74) is 1.83. The maximum Gasteiger partial charge on any atom is 0.323 e. The number of rotatable bonds is 0. The van der Waals surface area contributed by atoms with Gasteiger partial charge in [0.15, 0.2) is 0 Å². The minimum Gasteiger partial charge on any atom is -0.375 e. The first-order valence-corrected chi connectivity index (χ1v) is 4.49. The van der Waals surface area contributed by atoms with Gasteiger partial charge in [-0.05, 0) is 13.8 Å². The Balaban J connectivity index is 2.65. The molecule has 0 aliphatic carbocycles. The highest BCUT2D eigenvalue weighted by Crippen LogP contribution is 2.11. The molecule has 6 nitrogen and oxygen atoms in total. The first-order valence-electron chi connectivity index (χ1n) is 4.49. The number of hydrogen-bond acceptors (Lipinski definition) is 4. The number of nitrogens with two attached hydrogens (primary N) is 1. The molecule has 3 N–H and O–H groups in total. The van der Waals surface area contributed by atoms with Gasteiger partial charge in [-0.15, -0.1) is 0 Å². The van der Waals surface area contributed by atoms with Gasteiger partial charge in [-0.1, -0.05) is 0 Å². The molecule has 14 heavy (non-hydrogen) atoms. The van der Waals surface area contributed by atoms with Crippen LogP contribution < -0.4 is 11.3 Å². The minimum absolute atomic E-state index is 0.0410. The number of morpholine rings is 1. The zero-order chi connectivity index (χ0) is 10.7. The van der Waals surface area contributed by atoms with Gasteiger partial charge >= 0.3 is 11.8 Å². The lowest BCUT2D eigenvalue weighted by Gasteiger charge is -2.36. The molecule has 6 heteroatoms. The normalized spacial score (nSPS) is 27.2. The monoisotopic (exact) mass is 201 g/mol. The van der Waals surface area contributed by atoms with E-state index in [4.69, 9.17) is 10.6 Å². The number of hydrazine groups is 1. The van der Waals surface area contributed by atoms with E-state index in [0.717, 1.165) is 0 Å². The van der Waals surface area contributed by atoms with Crippen molar-refractivity contribution in [2.45, 2.75) is 26.0 Å². The van der Waals surface area contributed by atoms with Crippen molar-refractivity contribution >= 4 is 11.8 Å². The summed E-state index contributed by atoms with van der Waals surface area (Å²) in [4.78, 5) is 23.9. The second kappa shape index (κ2) is 4.39. The molecule has 80 valence electrons. The van der Waals surface area contributed by atoms with Crippen LogP contribution in [-0.2, 0) is 14.3 Å². The van der Waals surface area contributed by atoms with E-state index in [1.807, 2.05) is 19.3 Å². The number of carbonyl (C=O) groups is 2. The lowest BCUT2D eigenvalue weighted by atomic mass is 10.2. The average Bonchev–Trinajstić information content (AvgIpc) is 2.19. The maximum atomic E-state index is 11.5. The maximum absolute atomic E-state index is 11.5. The SMILES string of the molecule is CC1CN(C(=O)C(=O)NN)C(C)CO1. The number of hydrogen-bond donors (Lipinski definition) is 2. The molecule has 1 heterocycles. The molecule has 0 bridgehead atoms. The highest BCUT2D eigenvalue weighted by atomic mass is 16.5. The Labute approximate surface area is 82.3 Å². The van der Waals surface area contributed by atoms with Crippen LogP contribution in [0.15, 0.2) is 0 Å². The fourth-order valence-corrected chi connectivity index (χ4v) is 1.38. The van der Waals surface area contributed by atoms with E-state index < -0.39 is 11.8 Å². The molecule has 0 aromatic heterocycles. The van der Waals surface area contributed by atoms with Gasteiger partial charge in [-0.2, -0.15) is 0 Å². The summed E-state index contributed by atoms with van der Waals surface area (Å²) >= 11 is 0. The molecule has 1 rings (SSSR count). The van der Waals surface area contributed by atoms with E-state index in [1.165, 1.54) is 4.90 Å². The molecule has 0 saturated carbocycles. The number of amides is 2. The lowest BCUT2D eigenvalue weighted by Crippen LogP contribution is -2.55. The fraction of sp³-hybridized carbons (Fsp3) is 0.750. The summed E-state index contributed by atoms with van der Waals surface area (Å²) in [6.07, 6.45) is -0.0410. The highest BCUT2D eigenvalue weighted by molar-refractivity contribution is 6.34. The van der Waals surface area contributed by atoms with E-state index in [1.54, 1.807) is 0 Å². The third-order valence-electron chi connectivity index (χ3n) is 2.19. The zero-order valence-corrected chi connectivity index (χ0v) is 8.32. The van der Waals surface area contributed by atoms with Crippen LogP contribution in [0, 0.1) is 0 Å². The van der Waals surface area contributed by atoms with Gasteiger partial charge in [0.2, 0.25) is 0 Å². The lowest BCUT2D eigenvalue weighted by molar-refractivity contribution is -0.153. The molecule has 0 radical (unpaired) electrons. The molecule has 2 atom stereocenters. The van der Waals surface area contributed by atoms with Crippen LogP contribution in [0.2, 0.25) is 0 Å². The quantitative estimate of drug-likeness (QED) is 0.219. The number of carbonyl (C=O) groups excluding carboxylic acids is 2. The number of nitrogens with zero attached hydrogens (tertiary/aromatic N) is 1. The highest BCUT2D eigenvalue weighted by Gasteiger charge is 2.30. The van der Waals surface area contributed by atoms with Crippen LogP contribution in [-0.4, -0.2) is 42.0 Å². The van der Waals surface area contributed by atoms with Crippen LogP contribution in [0.3, 0.4) is 0 Å². The smallest absolute Gasteiger partial charge is 0.323 e. The van der Waals surface area contributed by atoms with Crippen molar-refractivity contribution in [1.82, 2.24) is 10.3 Å². The molecule has 1 aliphatic rings. The van der Waals surface area contributed by atoms with Crippen molar-refractivity contribution in [3.05, 3.63) is 0 Å². The summed E-state index contributed by atoms with van der Waals surface area (Å²) in [7, 11) is 0. The topological polar surface area (TPSA) is 84.7 Å². The Kier molecular flexibility index (Phi) is 3.43. The van der Waals surface area contributed by atoms with E-state index in [0.29, 0.717) is 13.2 Å². The Morgan fingerprint density at radius 2 is 2.14 bits per heavy atom. The second-order valence-electron chi connectivity index (χ2n) is 3.42. The summed E-state index contributed by atoms with van der Waals surface area (Å²) in [6.45, 7) is 4.55.